The van der Waals surface area contributed by atoms with Crippen LogP contribution in [0.2, 0.25) is 0 Å². The third-order valence-corrected chi connectivity index (χ3v) is 15.8. The molecule has 6 rings (SSSR count). The Morgan fingerprint density at radius 1 is 0.920 bits per heavy atom. The molecular formula is C38H59N3O8S. The predicted molar refractivity (Wildman–Crippen MR) is 187 cm³/mol. The van der Waals surface area contributed by atoms with E-state index in [1.54, 1.807) is 11.9 Å². The molecule has 50 heavy (non-hydrogen) atoms. The van der Waals surface area contributed by atoms with Gasteiger partial charge >= 0.3 is 0 Å². The van der Waals surface area contributed by atoms with Gasteiger partial charge in [0.05, 0.1) is 23.8 Å². The van der Waals surface area contributed by atoms with Crippen molar-refractivity contribution in [2.75, 3.05) is 33.4 Å². The zero-order valence-electron chi connectivity index (χ0n) is 30.5. The number of carbonyl (C=O) groups excluding carboxylic acids is 5. The van der Waals surface area contributed by atoms with Gasteiger partial charge in [-0.25, -0.2) is 12.7 Å². The highest BCUT2D eigenvalue weighted by molar-refractivity contribution is 7.90. The van der Waals surface area contributed by atoms with E-state index in [2.05, 4.69) is 19.2 Å². The van der Waals surface area contributed by atoms with E-state index in [4.69, 9.17) is 4.74 Å². The fraction of sp³-hybridized carbons (Fsp3) is 0.868. The van der Waals surface area contributed by atoms with Crippen LogP contribution in [0.1, 0.15) is 123 Å². The van der Waals surface area contributed by atoms with Crippen LogP contribution >= 0.6 is 0 Å². The lowest BCUT2D eigenvalue weighted by Crippen LogP contribution is -2.50. The van der Waals surface area contributed by atoms with Crippen molar-refractivity contribution in [1.29, 1.82) is 0 Å². The zero-order chi connectivity index (χ0) is 35.8. The van der Waals surface area contributed by atoms with E-state index in [-0.39, 0.29) is 66.6 Å². The lowest BCUT2D eigenvalue weighted by atomic mass is 9.67. The van der Waals surface area contributed by atoms with E-state index in [9.17, 15) is 32.4 Å². The second-order valence-corrected chi connectivity index (χ2v) is 19.4. The van der Waals surface area contributed by atoms with Gasteiger partial charge in [0.25, 0.3) is 5.91 Å². The number of carbonyl (C=O) groups is 5. The maximum Gasteiger partial charge on any atom is 0.287 e. The summed E-state index contributed by atoms with van der Waals surface area (Å²) in [6.45, 7) is 5.63. The van der Waals surface area contributed by atoms with E-state index >= 15 is 0 Å². The molecule has 3 saturated carbocycles. The average molecular weight is 718 g/mol. The van der Waals surface area contributed by atoms with Gasteiger partial charge in [0, 0.05) is 58.0 Å². The van der Waals surface area contributed by atoms with Crippen molar-refractivity contribution in [3.05, 3.63) is 0 Å². The number of rotatable bonds is 8. The maximum atomic E-state index is 14.5. The molecule has 0 aromatic heterocycles. The minimum atomic E-state index is -3.51. The van der Waals surface area contributed by atoms with Gasteiger partial charge in [-0.1, -0.05) is 58.8 Å². The van der Waals surface area contributed by atoms with Crippen LogP contribution in [0.3, 0.4) is 0 Å². The zero-order valence-corrected chi connectivity index (χ0v) is 31.3. The standard InChI is InChI=1S/C38H59N3O8S/c1-37(2)29-23-41-33(32(29)37)30(43)21-25(34(44)35(45)39-27-13-14-27)12-8-5-4-6-11-19-49-24-26(36(41)46)20-28(42)22-38(16-9-7-10-17-38)31-15-18-40(3)50(31,47)48/h25-27,29,31-33H,4-24H2,1-3H3,(H,39,45)/t25-,26+,29+,31-,32+,33-/m1/s1. The quantitative estimate of drug-likeness (QED) is 0.368. The first-order valence-corrected chi connectivity index (χ1v) is 21.0. The fourth-order valence-corrected chi connectivity index (χ4v) is 12.2. The molecule has 0 aromatic rings. The van der Waals surface area contributed by atoms with Crippen LogP contribution in [0.5, 0.6) is 0 Å². The number of piperidine rings is 1. The summed E-state index contributed by atoms with van der Waals surface area (Å²) in [6, 6.07) is -0.665. The molecule has 3 heterocycles. The summed E-state index contributed by atoms with van der Waals surface area (Å²) >= 11 is 0. The molecule has 6 aliphatic rings. The molecule has 12 heteroatoms. The number of Topliss-reactive ketones (excluding diaryl/α,β-unsaturated/α-hetero) is 3. The highest BCUT2D eigenvalue weighted by Crippen LogP contribution is 2.65. The number of amides is 2. The van der Waals surface area contributed by atoms with E-state index < -0.39 is 50.3 Å². The van der Waals surface area contributed by atoms with Gasteiger partial charge in [-0.2, -0.15) is 0 Å². The van der Waals surface area contributed by atoms with Crippen LogP contribution < -0.4 is 5.32 Å². The Hall–Kier alpha value is -2.18. The highest BCUT2D eigenvalue weighted by atomic mass is 32.2. The number of hydrogen-bond acceptors (Lipinski definition) is 8. The monoisotopic (exact) mass is 717 g/mol. The van der Waals surface area contributed by atoms with Crippen LogP contribution in [-0.4, -0.2) is 97.5 Å². The summed E-state index contributed by atoms with van der Waals surface area (Å²) in [7, 11) is -1.89. The first-order valence-electron chi connectivity index (χ1n) is 19.5. The van der Waals surface area contributed by atoms with Gasteiger partial charge in [0.15, 0.2) is 5.78 Å². The van der Waals surface area contributed by atoms with Crippen LogP contribution in [0.4, 0.5) is 0 Å². The Morgan fingerprint density at radius 2 is 1.60 bits per heavy atom. The first kappa shape index (κ1) is 37.6. The lowest BCUT2D eigenvalue weighted by Gasteiger charge is -2.41. The molecule has 6 atom stereocenters. The van der Waals surface area contributed by atoms with Crippen molar-refractivity contribution >= 4 is 39.2 Å². The van der Waals surface area contributed by atoms with Crippen molar-refractivity contribution in [1.82, 2.24) is 14.5 Å². The SMILES string of the molecule is CN1CC[C@H](C2(CC(=O)C[C@H]3COCCCCCCC[C@@H](C(=O)C(=O)NC4CC4)CC(=O)[C@@H]4[C@@H]5[C@H](CN4C3=O)C5(C)C)CCCCC2)S1(=O)=O. The number of sulfonamides is 1. The van der Waals surface area contributed by atoms with E-state index in [0.29, 0.717) is 45.4 Å². The molecule has 11 nitrogen and oxygen atoms in total. The maximum absolute atomic E-state index is 14.5. The molecule has 3 aliphatic carbocycles. The minimum Gasteiger partial charge on any atom is -0.381 e. The average Bonchev–Trinajstić information content (AvgIpc) is 3.88. The number of nitrogens with one attached hydrogen (secondary N) is 1. The van der Waals surface area contributed by atoms with Crippen molar-refractivity contribution in [2.45, 2.75) is 140 Å². The number of hydrogen-bond donors (Lipinski definition) is 1. The summed E-state index contributed by atoms with van der Waals surface area (Å²) in [5, 5.41) is 2.21. The van der Waals surface area contributed by atoms with Crippen molar-refractivity contribution in [3.63, 3.8) is 0 Å². The molecule has 6 fully saturated rings. The van der Waals surface area contributed by atoms with Crippen LogP contribution in [0.15, 0.2) is 0 Å². The van der Waals surface area contributed by atoms with E-state index in [1.807, 2.05) is 0 Å². The van der Waals surface area contributed by atoms with Gasteiger partial charge in [-0.05, 0) is 67.6 Å². The van der Waals surface area contributed by atoms with E-state index in [1.165, 1.54) is 4.31 Å². The van der Waals surface area contributed by atoms with E-state index in [0.717, 1.165) is 64.2 Å². The van der Waals surface area contributed by atoms with Crippen LogP contribution in [0, 0.1) is 34.5 Å². The Morgan fingerprint density at radius 3 is 2.28 bits per heavy atom. The third kappa shape index (κ3) is 7.77. The van der Waals surface area contributed by atoms with Gasteiger partial charge in [0.1, 0.15) is 5.78 Å². The fourth-order valence-electron chi connectivity index (χ4n) is 10.1. The summed E-state index contributed by atoms with van der Waals surface area (Å²) in [5.41, 5.74) is -0.762. The second kappa shape index (κ2) is 15.0. The summed E-state index contributed by atoms with van der Waals surface area (Å²) in [5.74, 6) is -3.10. The summed E-state index contributed by atoms with van der Waals surface area (Å²) < 4.78 is 34.3. The molecule has 3 aliphatic heterocycles. The van der Waals surface area contributed by atoms with Gasteiger partial charge in [-0.15, -0.1) is 0 Å². The Bertz CT molecular complexity index is 1430. The Kier molecular flexibility index (Phi) is 11.3. The Labute approximate surface area is 298 Å². The molecule has 0 unspecified atom stereocenters. The predicted octanol–water partition coefficient (Wildman–Crippen LogP) is 4.21. The van der Waals surface area contributed by atoms with Crippen molar-refractivity contribution in [3.8, 4) is 0 Å². The second-order valence-electron chi connectivity index (χ2n) is 17.2. The minimum absolute atomic E-state index is 0.0405. The van der Waals surface area contributed by atoms with Crippen LogP contribution in [0.25, 0.3) is 0 Å². The third-order valence-electron chi connectivity index (χ3n) is 13.3. The number of fused-ring (bicyclic) bond motifs is 3. The van der Waals surface area contributed by atoms with Gasteiger partial charge in [0.2, 0.25) is 21.7 Å². The van der Waals surface area contributed by atoms with Crippen LogP contribution in [-0.2, 0) is 38.7 Å². The molecule has 0 aromatic carbocycles. The van der Waals surface area contributed by atoms with Gasteiger partial charge < -0.3 is 15.0 Å². The smallest absolute Gasteiger partial charge is 0.287 e. The number of nitrogens with zero attached hydrogens (tertiary/aromatic N) is 2. The van der Waals surface area contributed by atoms with Crippen molar-refractivity contribution in [2.24, 2.45) is 34.5 Å². The molecule has 280 valence electrons. The van der Waals surface area contributed by atoms with Gasteiger partial charge in [-0.3, -0.25) is 24.0 Å². The largest absolute Gasteiger partial charge is 0.381 e. The number of ether oxygens (including phenoxy) is 1. The highest BCUT2D eigenvalue weighted by Gasteiger charge is 2.69. The summed E-state index contributed by atoms with van der Waals surface area (Å²) in [6.07, 6.45) is 11.2. The summed E-state index contributed by atoms with van der Waals surface area (Å²) in [4.78, 5) is 70.7. The number of ketones is 3. The molecule has 1 N–H and O–H groups in total. The molecular weight excluding hydrogens is 658 g/mol. The molecule has 0 spiro atoms. The molecule has 0 bridgehead atoms. The Balaban J connectivity index is 1.22. The molecule has 0 radical (unpaired) electrons. The molecule has 2 amide bonds. The normalized spacial score (nSPS) is 34.8. The topological polar surface area (TPSA) is 147 Å². The molecule has 3 saturated heterocycles. The van der Waals surface area contributed by atoms with Crippen molar-refractivity contribution < 1.29 is 37.1 Å². The first-order chi connectivity index (χ1) is 23.8. The lowest BCUT2D eigenvalue weighted by molar-refractivity contribution is -0.147.